The minimum atomic E-state index is -0.857. The summed E-state index contributed by atoms with van der Waals surface area (Å²) in [6, 6.07) is 24.4. The van der Waals surface area contributed by atoms with Gasteiger partial charge in [0.1, 0.15) is 35.3 Å². The number of aromatic amines is 1. The Kier molecular flexibility index (Phi) is 17.8. The number of fused-ring (bicyclic) bond motifs is 1. The second-order valence-corrected chi connectivity index (χ2v) is 22.7. The van der Waals surface area contributed by atoms with E-state index in [0.717, 1.165) is 87.3 Å². The van der Waals surface area contributed by atoms with Gasteiger partial charge in [-0.05, 0) is 107 Å². The number of H-pyrrole nitrogens is 1. The summed E-state index contributed by atoms with van der Waals surface area (Å²) in [4.78, 5) is 77.0. The summed E-state index contributed by atoms with van der Waals surface area (Å²) in [7, 11) is 0. The molecule has 0 radical (unpaired) electrons. The highest BCUT2D eigenvalue weighted by Gasteiger charge is 2.33. The minimum absolute atomic E-state index is 0.00567. The topological polar surface area (TPSA) is 187 Å². The highest BCUT2D eigenvalue weighted by Crippen LogP contribution is 2.33. The van der Waals surface area contributed by atoms with Crippen LogP contribution in [0.4, 0.5) is 23.8 Å². The molecule has 4 fully saturated rings. The molecule has 0 saturated carbocycles. The second-order valence-electron chi connectivity index (χ2n) is 22.7. The van der Waals surface area contributed by atoms with Crippen molar-refractivity contribution in [2.75, 3.05) is 83.4 Å². The number of halogens is 3. The van der Waals surface area contributed by atoms with Gasteiger partial charge in [0, 0.05) is 101 Å². The van der Waals surface area contributed by atoms with Crippen molar-refractivity contribution in [3.05, 3.63) is 153 Å². The van der Waals surface area contributed by atoms with E-state index in [-0.39, 0.29) is 66.3 Å². The molecule has 18 nitrogen and oxygen atoms in total. The van der Waals surface area contributed by atoms with Gasteiger partial charge >= 0.3 is 6.09 Å². The van der Waals surface area contributed by atoms with Crippen LogP contribution in [0.25, 0.3) is 10.8 Å². The number of benzene rings is 4. The molecule has 6 heterocycles. The fraction of sp³-hybridized carbons (Fsp3) is 0.443. The van der Waals surface area contributed by atoms with E-state index in [1.165, 1.54) is 12.1 Å². The predicted molar refractivity (Wildman–Crippen MR) is 300 cm³/mol. The number of ether oxygens (including phenoxy) is 3. The van der Waals surface area contributed by atoms with Crippen molar-refractivity contribution < 1.29 is 46.6 Å². The van der Waals surface area contributed by atoms with Gasteiger partial charge in [0.25, 0.3) is 11.5 Å². The lowest BCUT2D eigenvalue weighted by atomic mass is 9.90. The summed E-state index contributed by atoms with van der Waals surface area (Å²) in [6.45, 7) is 9.95. The first-order valence-electron chi connectivity index (χ1n) is 28.2. The lowest BCUT2D eigenvalue weighted by Gasteiger charge is -2.38. The summed E-state index contributed by atoms with van der Waals surface area (Å²) < 4.78 is 62.0. The van der Waals surface area contributed by atoms with Crippen LogP contribution in [0.5, 0.6) is 11.5 Å². The quantitative estimate of drug-likeness (QED) is 0.104. The molecule has 0 spiro atoms. The highest BCUT2D eigenvalue weighted by molar-refractivity contribution is 5.95. The van der Waals surface area contributed by atoms with E-state index in [0.29, 0.717) is 85.0 Å². The minimum Gasteiger partial charge on any atom is -0.456 e. The van der Waals surface area contributed by atoms with Crippen molar-refractivity contribution in [2.24, 2.45) is 0 Å². The Balaban J connectivity index is 0.644. The molecule has 0 bridgehead atoms. The lowest BCUT2D eigenvalue weighted by Crippen LogP contribution is -2.53. The molecule has 4 aromatic carbocycles. The zero-order valence-corrected chi connectivity index (χ0v) is 46.5. The van der Waals surface area contributed by atoms with E-state index < -0.39 is 35.1 Å². The molecule has 6 aromatic rings. The molecule has 4 amide bonds. The number of anilines is 1. The first kappa shape index (κ1) is 57.3. The molecule has 0 aliphatic carbocycles. The van der Waals surface area contributed by atoms with Gasteiger partial charge < -0.3 is 33.8 Å². The third-order valence-corrected chi connectivity index (χ3v) is 15.7. The third kappa shape index (κ3) is 14.4. The van der Waals surface area contributed by atoms with Gasteiger partial charge in [0.2, 0.25) is 11.8 Å². The van der Waals surface area contributed by atoms with Crippen molar-refractivity contribution in [1.29, 1.82) is 0 Å². The zero-order valence-electron chi connectivity index (χ0n) is 46.5. The van der Waals surface area contributed by atoms with Crippen LogP contribution in [0.1, 0.15) is 98.0 Å². The van der Waals surface area contributed by atoms with E-state index >= 15 is 4.39 Å². The summed E-state index contributed by atoms with van der Waals surface area (Å²) in [5.41, 5.74) is 1.17. The van der Waals surface area contributed by atoms with E-state index in [2.05, 4.69) is 30.2 Å². The number of hydrogen-bond donors (Lipinski definition) is 1. The first-order chi connectivity index (χ1) is 39.5. The molecular formula is C61H69F3N10O8. The lowest BCUT2D eigenvalue weighted by molar-refractivity contribution is -0.135. The normalized spacial score (nSPS) is 17.7. The molecular weight excluding hydrogens is 1060 g/mol. The highest BCUT2D eigenvalue weighted by atomic mass is 19.1. The standard InChI is InChI=1S/C61H69F3N10O8/c1-61(2,3)82-60(79)74(37-43-14-15-44(62)33-53(43)64)39-57(76)73-21-7-9-42(36-73)41-8-6-10-47(32-41)81-48-34-55(67-65-35-48)70-24-19-46(20-25-70)80-45-17-22-69(23-18-45)38-56(75)71-26-28-72(29-27-71)59(78)51-30-40(13-16-52(51)63)31-54-49-11-4-5-12-50(49)58(77)68-66-54/h4-6,8,10-16,30,32-35,42,45-46H,7,9,17-29,31,36-39H2,1-3H3,(H,68,77). The van der Waals surface area contributed by atoms with Gasteiger partial charge in [-0.3, -0.25) is 29.0 Å². The van der Waals surface area contributed by atoms with E-state index in [1.807, 2.05) is 42.5 Å². The Morgan fingerprint density at radius 1 is 0.720 bits per heavy atom. The van der Waals surface area contributed by atoms with Crippen molar-refractivity contribution in [3.63, 3.8) is 0 Å². The number of hydrogen-bond acceptors (Lipinski definition) is 13. The summed E-state index contributed by atoms with van der Waals surface area (Å²) >= 11 is 0. The van der Waals surface area contributed by atoms with Gasteiger partial charge in [-0.15, -0.1) is 5.10 Å². The maximum atomic E-state index is 15.1. The number of likely N-dealkylation sites (tertiary alicyclic amines) is 2. The Morgan fingerprint density at radius 2 is 1.45 bits per heavy atom. The van der Waals surface area contributed by atoms with Crippen molar-refractivity contribution in [2.45, 2.75) is 96.0 Å². The molecule has 4 aliphatic heterocycles. The zero-order chi connectivity index (χ0) is 57.5. The van der Waals surface area contributed by atoms with Gasteiger partial charge in [0.05, 0.1) is 48.1 Å². The fourth-order valence-corrected chi connectivity index (χ4v) is 11.3. The molecule has 2 aromatic heterocycles. The van der Waals surface area contributed by atoms with Crippen LogP contribution < -0.4 is 15.2 Å². The van der Waals surface area contributed by atoms with Crippen LogP contribution in [0, 0.1) is 17.5 Å². The molecule has 432 valence electrons. The summed E-state index contributed by atoms with van der Waals surface area (Å²) in [6.07, 6.45) is 6.12. The molecule has 1 atom stereocenters. The van der Waals surface area contributed by atoms with E-state index in [4.69, 9.17) is 14.2 Å². The summed E-state index contributed by atoms with van der Waals surface area (Å²) in [5, 5.41) is 16.7. The number of amides is 4. The van der Waals surface area contributed by atoms with Crippen molar-refractivity contribution in [3.8, 4) is 11.5 Å². The molecule has 1 N–H and O–H groups in total. The van der Waals surface area contributed by atoms with Crippen molar-refractivity contribution >= 4 is 40.4 Å². The molecule has 82 heavy (non-hydrogen) atoms. The van der Waals surface area contributed by atoms with E-state index in [1.54, 1.807) is 65.9 Å². The second kappa shape index (κ2) is 25.5. The molecule has 1 unspecified atom stereocenters. The number of aromatic nitrogens is 4. The van der Waals surface area contributed by atoms with E-state index in [9.17, 15) is 32.8 Å². The SMILES string of the molecule is CC(C)(C)OC(=O)N(CC(=O)N1CCCC(c2cccc(Oc3cnnc(N4CCC(OC5CCN(CC(=O)N6CCN(C(=O)c7cc(Cc8n[nH]c(=O)c9ccccc89)ccc7F)CC6)CC5)CC4)c3)c2)C1)Cc1ccc(F)cc1F. The van der Waals surface area contributed by atoms with Gasteiger partial charge in [-0.2, -0.15) is 10.2 Å². The van der Waals surface area contributed by atoms with Crippen LogP contribution in [-0.4, -0.2) is 165 Å². The first-order valence-corrected chi connectivity index (χ1v) is 28.2. The van der Waals surface area contributed by atoms with Gasteiger partial charge in [-0.25, -0.2) is 23.1 Å². The number of piperidine rings is 3. The Bertz CT molecular complexity index is 3340. The average Bonchev–Trinajstić information content (AvgIpc) is 3.62. The molecule has 10 rings (SSSR count). The number of carbonyl (C=O) groups excluding carboxylic acids is 4. The van der Waals surface area contributed by atoms with Crippen LogP contribution in [-0.2, 0) is 32.0 Å². The maximum Gasteiger partial charge on any atom is 0.411 e. The number of rotatable bonds is 15. The Morgan fingerprint density at radius 3 is 2.20 bits per heavy atom. The smallest absolute Gasteiger partial charge is 0.411 e. The number of piperazine rings is 1. The molecule has 21 heteroatoms. The Hall–Kier alpha value is -7.91. The monoisotopic (exact) mass is 1130 g/mol. The van der Waals surface area contributed by atoms with Gasteiger partial charge in [-0.1, -0.05) is 42.5 Å². The maximum absolute atomic E-state index is 15.1. The largest absolute Gasteiger partial charge is 0.456 e. The molecule has 4 saturated heterocycles. The third-order valence-electron chi connectivity index (χ3n) is 15.7. The van der Waals surface area contributed by atoms with Crippen molar-refractivity contribution in [1.82, 2.24) is 44.9 Å². The average molecular weight is 1130 g/mol. The van der Waals surface area contributed by atoms with Gasteiger partial charge in [0.15, 0.2) is 11.6 Å². The number of nitrogens with one attached hydrogen (secondary N) is 1. The predicted octanol–water partition coefficient (Wildman–Crippen LogP) is 8.09. The fourth-order valence-electron chi connectivity index (χ4n) is 11.3. The van der Waals surface area contributed by atoms with Crippen LogP contribution in [0.3, 0.4) is 0 Å². The van der Waals surface area contributed by atoms with Crippen LogP contribution in [0.15, 0.2) is 102 Å². The van der Waals surface area contributed by atoms with Crippen LogP contribution in [0.2, 0.25) is 0 Å². The summed E-state index contributed by atoms with van der Waals surface area (Å²) in [5.74, 6) is -1.06. The number of carbonyl (C=O) groups is 4. The van der Waals surface area contributed by atoms with Crippen LogP contribution >= 0.6 is 0 Å². The molecule has 4 aliphatic rings. The number of nitrogens with zero attached hydrogens (tertiary/aromatic N) is 9. The Labute approximate surface area is 474 Å².